The molecule has 0 unspecified atom stereocenters. The molecule has 10 heteroatoms. The zero-order valence-corrected chi connectivity index (χ0v) is 15.1. The minimum absolute atomic E-state index is 0.347. The number of para-hydroxylation sites is 1. The maximum atomic E-state index is 12.7. The molecule has 0 bridgehead atoms. The maximum Gasteiger partial charge on any atom is 0.325 e. The number of benzene rings is 1. The first-order valence-electron chi connectivity index (χ1n) is 8.82. The highest BCUT2D eigenvalue weighted by atomic mass is 16.3. The number of H-pyrrole nitrogens is 2. The van der Waals surface area contributed by atoms with Gasteiger partial charge in [0.05, 0.1) is 6.61 Å². The van der Waals surface area contributed by atoms with Gasteiger partial charge in [0.15, 0.2) is 0 Å². The Kier molecular flexibility index (Phi) is 5.90. The summed E-state index contributed by atoms with van der Waals surface area (Å²) in [5.41, 5.74) is -0.895. The van der Waals surface area contributed by atoms with Crippen LogP contribution in [-0.4, -0.2) is 70.6 Å². The van der Waals surface area contributed by atoms with Crippen LogP contribution in [0.4, 0.5) is 5.69 Å². The van der Waals surface area contributed by atoms with E-state index in [1.54, 1.807) is 4.90 Å². The molecule has 1 aliphatic rings. The Bertz CT molecular complexity index is 947. The number of nitrogens with zero attached hydrogens (tertiary/aromatic N) is 2. The quantitative estimate of drug-likeness (QED) is 0.493. The SMILES string of the molecule is O=C(N[C@@H](CO)C(=O)N1CCN(c2ccccc2)CC1)c1c[nH]c(=O)[nH]c1=O. The number of aromatic amines is 2. The smallest absolute Gasteiger partial charge is 0.325 e. The summed E-state index contributed by atoms with van der Waals surface area (Å²) in [6.45, 7) is 1.53. The van der Waals surface area contributed by atoms with E-state index in [4.69, 9.17) is 0 Å². The Labute approximate surface area is 159 Å². The van der Waals surface area contributed by atoms with Gasteiger partial charge in [-0.1, -0.05) is 18.2 Å². The zero-order chi connectivity index (χ0) is 20.1. The van der Waals surface area contributed by atoms with Gasteiger partial charge in [0.25, 0.3) is 11.5 Å². The van der Waals surface area contributed by atoms with Gasteiger partial charge in [-0.25, -0.2) is 4.79 Å². The number of carbonyl (C=O) groups excluding carboxylic acids is 2. The Morgan fingerprint density at radius 3 is 2.39 bits per heavy atom. The predicted octanol–water partition coefficient (Wildman–Crippen LogP) is -1.50. The summed E-state index contributed by atoms with van der Waals surface area (Å²) in [5, 5.41) is 11.9. The summed E-state index contributed by atoms with van der Waals surface area (Å²) in [6, 6.07) is 8.64. The normalized spacial score (nSPS) is 15.2. The number of anilines is 1. The van der Waals surface area contributed by atoms with Crippen molar-refractivity contribution in [2.75, 3.05) is 37.7 Å². The first-order chi connectivity index (χ1) is 13.5. The Morgan fingerprint density at radius 1 is 1.11 bits per heavy atom. The van der Waals surface area contributed by atoms with Gasteiger partial charge >= 0.3 is 5.69 Å². The molecule has 2 amide bonds. The molecule has 1 fully saturated rings. The van der Waals surface area contributed by atoms with E-state index in [2.05, 4.69) is 15.2 Å². The summed E-state index contributed by atoms with van der Waals surface area (Å²) in [7, 11) is 0. The van der Waals surface area contributed by atoms with Gasteiger partial charge < -0.3 is 25.2 Å². The molecule has 1 atom stereocenters. The second-order valence-electron chi connectivity index (χ2n) is 6.34. The number of hydrogen-bond donors (Lipinski definition) is 4. The van der Waals surface area contributed by atoms with Crippen molar-refractivity contribution in [3.63, 3.8) is 0 Å². The number of aliphatic hydroxyl groups excluding tert-OH is 1. The topological polar surface area (TPSA) is 139 Å². The van der Waals surface area contributed by atoms with Crippen LogP contribution in [0.25, 0.3) is 0 Å². The van der Waals surface area contributed by atoms with Crippen LogP contribution in [0.15, 0.2) is 46.1 Å². The molecule has 2 heterocycles. The molecular weight excluding hydrogens is 366 g/mol. The highest BCUT2D eigenvalue weighted by Gasteiger charge is 2.29. The van der Waals surface area contributed by atoms with Gasteiger partial charge in [-0.2, -0.15) is 0 Å². The van der Waals surface area contributed by atoms with Gasteiger partial charge in [-0.05, 0) is 12.1 Å². The summed E-state index contributed by atoms with van der Waals surface area (Å²) < 4.78 is 0. The Hall–Kier alpha value is -3.40. The van der Waals surface area contributed by atoms with E-state index in [1.165, 1.54) is 0 Å². The molecule has 1 saturated heterocycles. The number of rotatable bonds is 5. The Balaban J connectivity index is 1.61. The van der Waals surface area contributed by atoms with E-state index in [9.17, 15) is 24.3 Å². The second-order valence-corrected chi connectivity index (χ2v) is 6.34. The molecule has 0 saturated carbocycles. The lowest BCUT2D eigenvalue weighted by atomic mass is 10.2. The molecule has 1 aromatic heterocycles. The van der Waals surface area contributed by atoms with Crippen LogP contribution in [0.3, 0.4) is 0 Å². The predicted molar refractivity (Wildman–Crippen MR) is 101 cm³/mol. The van der Waals surface area contributed by atoms with Crippen molar-refractivity contribution in [2.24, 2.45) is 0 Å². The molecule has 0 aliphatic carbocycles. The summed E-state index contributed by atoms with van der Waals surface area (Å²) in [4.78, 5) is 55.5. The monoisotopic (exact) mass is 387 g/mol. The van der Waals surface area contributed by atoms with Gasteiger partial charge in [0.1, 0.15) is 11.6 Å². The van der Waals surface area contributed by atoms with Crippen LogP contribution in [0.1, 0.15) is 10.4 Å². The molecule has 2 aromatic rings. The van der Waals surface area contributed by atoms with Gasteiger partial charge in [-0.15, -0.1) is 0 Å². The highest BCUT2D eigenvalue weighted by molar-refractivity contribution is 5.97. The molecule has 0 spiro atoms. The molecule has 1 aromatic carbocycles. The lowest BCUT2D eigenvalue weighted by Crippen LogP contribution is -2.56. The fourth-order valence-electron chi connectivity index (χ4n) is 3.04. The molecule has 148 valence electrons. The number of nitrogens with one attached hydrogen (secondary N) is 3. The fraction of sp³-hybridized carbons (Fsp3) is 0.333. The summed E-state index contributed by atoms with van der Waals surface area (Å²) in [5.74, 6) is -1.28. The van der Waals surface area contributed by atoms with E-state index >= 15 is 0 Å². The summed E-state index contributed by atoms with van der Waals surface area (Å²) >= 11 is 0. The molecule has 10 nitrogen and oxygen atoms in total. The number of aliphatic hydroxyl groups is 1. The van der Waals surface area contributed by atoms with Crippen LogP contribution >= 0.6 is 0 Å². The number of aromatic nitrogens is 2. The number of amides is 2. The van der Waals surface area contributed by atoms with Crippen molar-refractivity contribution in [1.29, 1.82) is 0 Å². The molecule has 28 heavy (non-hydrogen) atoms. The molecule has 3 rings (SSSR count). The van der Waals surface area contributed by atoms with E-state index < -0.39 is 35.7 Å². The molecular formula is C18H21N5O5. The first kappa shape index (κ1) is 19.4. The zero-order valence-electron chi connectivity index (χ0n) is 15.1. The molecule has 4 N–H and O–H groups in total. The standard InChI is InChI=1S/C18H21N5O5/c24-11-14(20-15(25)13-10-19-18(28)21-16(13)26)17(27)23-8-6-22(7-9-23)12-4-2-1-3-5-12/h1-5,10,14,24H,6-9,11H2,(H,20,25)(H2,19,21,26,28)/t14-/m0/s1. The van der Waals surface area contributed by atoms with Gasteiger partial charge in [0.2, 0.25) is 5.91 Å². The van der Waals surface area contributed by atoms with Crippen LogP contribution in [0.5, 0.6) is 0 Å². The minimum atomic E-state index is -1.18. The second kappa shape index (κ2) is 8.53. The lowest BCUT2D eigenvalue weighted by Gasteiger charge is -2.37. The van der Waals surface area contributed by atoms with Crippen molar-refractivity contribution >= 4 is 17.5 Å². The van der Waals surface area contributed by atoms with Crippen LogP contribution < -0.4 is 21.5 Å². The van der Waals surface area contributed by atoms with E-state index in [0.717, 1.165) is 11.9 Å². The van der Waals surface area contributed by atoms with Crippen LogP contribution in [0, 0.1) is 0 Å². The third-order valence-electron chi connectivity index (χ3n) is 4.56. The third kappa shape index (κ3) is 4.29. The average Bonchev–Trinajstić information content (AvgIpc) is 2.72. The number of hydrogen-bond acceptors (Lipinski definition) is 6. The third-order valence-corrected chi connectivity index (χ3v) is 4.56. The minimum Gasteiger partial charge on any atom is -0.394 e. The lowest BCUT2D eigenvalue weighted by molar-refractivity contribution is -0.134. The largest absolute Gasteiger partial charge is 0.394 e. The van der Waals surface area contributed by atoms with E-state index in [1.807, 2.05) is 35.3 Å². The number of piperazine rings is 1. The van der Waals surface area contributed by atoms with E-state index in [0.29, 0.717) is 26.2 Å². The van der Waals surface area contributed by atoms with Gasteiger partial charge in [0, 0.05) is 38.1 Å². The highest BCUT2D eigenvalue weighted by Crippen LogP contribution is 2.15. The maximum absolute atomic E-state index is 12.7. The fourth-order valence-corrected chi connectivity index (χ4v) is 3.04. The number of carbonyl (C=O) groups is 2. The van der Waals surface area contributed by atoms with Crippen LogP contribution in [0.2, 0.25) is 0 Å². The Morgan fingerprint density at radius 2 is 1.79 bits per heavy atom. The van der Waals surface area contributed by atoms with Crippen molar-refractivity contribution in [3.05, 3.63) is 62.9 Å². The molecule has 1 aliphatic heterocycles. The first-order valence-corrected chi connectivity index (χ1v) is 8.82. The van der Waals surface area contributed by atoms with Gasteiger partial charge in [-0.3, -0.25) is 19.4 Å². The average molecular weight is 387 g/mol. The van der Waals surface area contributed by atoms with Crippen molar-refractivity contribution in [2.45, 2.75) is 6.04 Å². The summed E-state index contributed by atoms with van der Waals surface area (Å²) in [6.07, 6.45) is 0.966. The van der Waals surface area contributed by atoms with E-state index in [-0.39, 0.29) is 5.56 Å². The van der Waals surface area contributed by atoms with Crippen molar-refractivity contribution < 1.29 is 14.7 Å². The molecule has 0 radical (unpaired) electrons. The van der Waals surface area contributed by atoms with Crippen molar-refractivity contribution in [1.82, 2.24) is 20.2 Å². The van der Waals surface area contributed by atoms with Crippen molar-refractivity contribution in [3.8, 4) is 0 Å². The van der Waals surface area contributed by atoms with Crippen LogP contribution in [-0.2, 0) is 4.79 Å².